The van der Waals surface area contributed by atoms with E-state index in [1.165, 1.54) is 17.3 Å². The smallest absolute Gasteiger partial charge is 0.374 e. The van der Waals surface area contributed by atoms with Crippen molar-refractivity contribution in [2.45, 2.75) is 24.3 Å². The maximum Gasteiger partial charge on any atom is 0.374 e. The molecule has 2 aromatic heterocycles. The van der Waals surface area contributed by atoms with Gasteiger partial charge in [-0.1, -0.05) is 60.3 Å². The van der Waals surface area contributed by atoms with Crippen molar-refractivity contribution in [3.8, 4) is 0 Å². The van der Waals surface area contributed by atoms with E-state index in [0.717, 1.165) is 21.9 Å². The van der Waals surface area contributed by atoms with Crippen LogP contribution in [0.25, 0.3) is 11.0 Å². The highest BCUT2D eigenvalue weighted by Crippen LogP contribution is 2.32. The van der Waals surface area contributed by atoms with E-state index in [9.17, 15) is 4.79 Å². The fourth-order valence-corrected chi connectivity index (χ4v) is 4.10. The van der Waals surface area contributed by atoms with Crippen molar-refractivity contribution < 1.29 is 13.9 Å². The van der Waals surface area contributed by atoms with Crippen molar-refractivity contribution >= 4 is 28.7 Å². The van der Waals surface area contributed by atoms with Crippen LogP contribution in [0.5, 0.6) is 0 Å². The van der Waals surface area contributed by atoms with Crippen LogP contribution in [0.2, 0.25) is 0 Å². The zero-order valence-corrected chi connectivity index (χ0v) is 17.1. The quantitative estimate of drug-likeness (QED) is 0.329. The van der Waals surface area contributed by atoms with E-state index >= 15 is 0 Å². The summed E-state index contributed by atoms with van der Waals surface area (Å²) < 4.78 is 12.9. The zero-order chi connectivity index (χ0) is 20.2. The number of aromatic nitrogens is 3. The van der Waals surface area contributed by atoms with Gasteiger partial charge in [0.25, 0.3) is 0 Å². The Hall–Kier alpha value is -3.06. The third-order valence-corrected chi connectivity index (χ3v) is 5.68. The van der Waals surface area contributed by atoms with Crippen LogP contribution in [0.1, 0.15) is 34.4 Å². The lowest BCUT2D eigenvalue weighted by Crippen LogP contribution is -2.06. The summed E-state index contributed by atoms with van der Waals surface area (Å²) in [5.74, 6) is 1.23. The molecule has 148 valence electrons. The average molecular weight is 407 g/mol. The van der Waals surface area contributed by atoms with Crippen LogP contribution in [0.3, 0.4) is 0 Å². The number of nitrogens with zero attached hydrogens (tertiary/aromatic N) is 3. The first-order valence-corrected chi connectivity index (χ1v) is 10.4. The second-order valence-electron chi connectivity index (χ2n) is 6.54. The number of hydrogen-bond donors (Lipinski definition) is 0. The maximum absolute atomic E-state index is 12.4. The molecule has 4 aromatic rings. The van der Waals surface area contributed by atoms with Gasteiger partial charge in [0.2, 0.25) is 5.76 Å². The number of para-hydroxylation sites is 1. The molecule has 29 heavy (non-hydrogen) atoms. The molecule has 0 aliphatic carbocycles. The fraction of sp³-hybridized carbons (Fsp3) is 0.227. The molecule has 0 aliphatic heterocycles. The molecule has 0 spiro atoms. The van der Waals surface area contributed by atoms with E-state index < -0.39 is 5.97 Å². The van der Waals surface area contributed by atoms with Crippen molar-refractivity contribution in [1.82, 2.24) is 14.8 Å². The fourth-order valence-electron chi connectivity index (χ4n) is 3.14. The number of carbonyl (C=O) groups is 1. The topological polar surface area (TPSA) is 70.2 Å². The number of fused-ring (bicyclic) bond motifs is 1. The SMILES string of the molecule is CCOC(=O)c1oc2ccccc2c1CSc1nnc(Cc2ccccc2)n1C. The number of esters is 1. The monoisotopic (exact) mass is 407 g/mol. The van der Waals surface area contributed by atoms with Gasteiger partial charge in [-0.05, 0) is 18.6 Å². The van der Waals surface area contributed by atoms with Gasteiger partial charge in [0.1, 0.15) is 11.4 Å². The van der Waals surface area contributed by atoms with Crippen LogP contribution < -0.4 is 0 Å². The van der Waals surface area contributed by atoms with Gasteiger partial charge in [-0.3, -0.25) is 0 Å². The molecule has 0 aliphatic rings. The van der Waals surface area contributed by atoms with Crippen LogP contribution >= 0.6 is 11.8 Å². The van der Waals surface area contributed by atoms with Gasteiger partial charge in [-0.25, -0.2) is 4.79 Å². The van der Waals surface area contributed by atoms with E-state index in [-0.39, 0.29) is 5.76 Å². The van der Waals surface area contributed by atoms with Crippen molar-refractivity contribution in [3.63, 3.8) is 0 Å². The molecule has 0 saturated heterocycles. The number of ether oxygens (including phenoxy) is 1. The van der Waals surface area contributed by atoms with Crippen molar-refractivity contribution in [2.75, 3.05) is 6.61 Å². The van der Waals surface area contributed by atoms with Gasteiger partial charge in [0.05, 0.1) is 6.61 Å². The molecular formula is C22H21N3O3S. The summed E-state index contributed by atoms with van der Waals surface area (Å²) in [7, 11) is 1.96. The second kappa shape index (κ2) is 8.53. The normalized spacial score (nSPS) is 11.1. The first kappa shape index (κ1) is 19.3. The summed E-state index contributed by atoms with van der Waals surface area (Å²) in [6.07, 6.45) is 0.716. The van der Waals surface area contributed by atoms with Crippen LogP contribution in [0.15, 0.2) is 64.2 Å². The van der Waals surface area contributed by atoms with Gasteiger partial charge in [0.15, 0.2) is 5.16 Å². The minimum absolute atomic E-state index is 0.257. The van der Waals surface area contributed by atoms with Crippen molar-refractivity contribution in [2.24, 2.45) is 7.05 Å². The number of carbonyl (C=O) groups excluding carboxylic acids is 1. The lowest BCUT2D eigenvalue weighted by Gasteiger charge is -2.05. The third-order valence-electron chi connectivity index (χ3n) is 4.63. The molecular weight excluding hydrogens is 386 g/mol. The predicted molar refractivity (Wildman–Crippen MR) is 112 cm³/mol. The molecule has 7 heteroatoms. The highest BCUT2D eigenvalue weighted by Gasteiger charge is 2.22. The highest BCUT2D eigenvalue weighted by atomic mass is 32.2. The Bertz CT molecular complexity index is 1130. The molecule has 4 rings (SSSR count). The minimum Gasteiger partial charge on any atom is -0.460 e. The van der Waals surface area contributed by atoms with Gasteiger partial charge in [0, 0.05) is 30.2 Å². The van der Waals surface area contributed by atoms with E-state index in [4.69, 9.17) is 9.15 Å². The maximum atomic E-state index is 12.4. The van der Waals surface area contributed by atoms with Gasteiger partial charge < -0.3 is 13.7 Å². The molecule has 0 unspecified atom stereocenters. The number of benzene rings is 2. The lowest BCUT2D eigenvalue weighted by molar-refractivity contribution is 0.0491. The Morgan fingerprint density at radius 1 is 1.10 bits per heavy atom. The van der Waals surface area contributed by atoms with Gasteiger partial charge >= 0.3 is 5.97 Å². The number of hydrogen-bond acceptors (Lipinski definition) is 6. The summed E-state index contributed by atoms with van der Waals surface area (Å²) in [6, 6.07) is 17.8. The van der Waals surface area contributed by atoms with E-state index in [2.05, 4.69) is 22.3 Å². The largest absolute Gasteiger partial charge is 0.460 e. The number of thioether (sulfide) groups is 1. The van der Waals surface area contributed by atoms with Crippen LogP contribution in [-0.4, -0.2) is 27.3 Å². The molecule has 2 heterocycles. The first-order valence-electron chi connectivity index (χ1n) is 9.40. The summed E-state index contributed by atoms with van der Waals surface area (Å²) in [6.45, 7) is 2.08. The molecule has 0 N–H and O–H groups in total. The Morgan fingerprint density at radius 3 is 2.66 bits per heavy atom. The molecule has 0 bridgehead atoms. The number of rotatable bonds is 7. The van der Waals surface area contributed by atoms with Gasteiger partial charge in [-0.2, -0.15) is 0 Å². The highest BCUT2D eigenvalue weighted by molar-refractivity contribution is 7.98. The Kier molecular flexibility index (Phi) is 5.67. The average Bonchev–Trinajstić information content (AvgIpc) is 3.28. The summed E-state index contributed by atoms with van der Waals surface area (Å²) in [5, 5.41) is 10.4. The standard InChI is InChI=1S/C22H21N3O3S/c1-3-27-21(26)20-17(16-11-7-8-12-18(16)28-20)14-29-22-24-23-19(25(22)2)13-15-9-5-4-6-10-15/h4-12H,3,13-14H2,1-2H3. The molecule has 0 radical (unpaired) electrons. The van der Waals surface area contributed by atoms with E-state index in [1.54, 1.807) is 6.92 Å². The van der Waals surface area contributed by atoms with E-state index in [0.29, 0.717) is 24.4 Å². The summed E-state index contributed by atoms with van der Waals surface area (Å²) in [5.41, 5.74) is 2.68. The zero-order valence-electron chi connectivity index (χ0n) is 16.3. The molecule has 0 atom stereocenters. The van der Waals surface area contributed by atoms with E-state index in [1.807, 2.05) is 54.1 Å². The molecule has 2 aromatic carbocycles. The summed E-state index contributed by atoms with van der Waals surface area (Å²) >= 11 is 1.52. The molecule has 6 nitrogen and oxygen atoms in total. The molecule has 0 saturated carbocycles. The van der Waals surface area contributed by atoms with Crippen LogP contribution in [0.4, 0.5) is 0 Å². The van der Waals surface area contributed by atoms with Gasteiger partial charge in [-0.15, -0.1) is 10.2 Å². The second-order valence-corrected chi connectivity index (χ2v) is 7.48. The number of furan rings is 1. The van der Waals surface area contributed by atoms with Crippen molar-refractivity contribution in [3.05, 3.63) is 77.3 Å². The van der Waals surface area contributed by atoms with Crippen molar-refractivity contribution in [1.29, 1.82) is 0 Å². The first-order chi connectivity index (χ1) is 14.2. The van der Waals surface area contributed by atoms with Crippen LogP contribution in [0, 0.1) is 0 Å². The Morgan fingerprint density at radius 2 is 1.86 bits per heavy atom. The Balaban J connectivity index is 1.57. The molecule has 0 fully saturated rings. The van der Waals surface area contributed by atoms with Crippen LogP contribution in [-0.2, 0) is 24.0 Å². The predicted octanol–water partition coefficient (Wildman–Crippen LogP) is 4.62. The summed E-state index contributed by atoms with van der Waals surface area (Å²) in [4.78, 5) is 12.4. The third kappa shape index (κ3) is 4.05. The minimum atomic E-state index is -0.443. The lowest BCUT2D eigenvalue weighted by atomic mass is 10.1. The Labute approximate surface area is 172 Å². The molecule has 0 amide bonds.